The van der Waals surface area contributed by atoms with E-state index in [4.69, 9.17) is 11.6 Å². The minimum absolute atomic E-state index is 0.175. The highest BCUT2D eigenvalue weighted by molar-refractivity contribution is 9.10. The van der Waals surface area contributed by atoms with Crippen molar-refractivity contribution >= 4 is 27.5 Å². The Kier molecular flexibility index (Phi) is 4.26. The molecule has 3 heteroatoms. The number of hydrogen-bond donors (Lipinski definition) is 0. The van der Waals surface area contributed by atoms with Crippen molar-refractivity contribution in [2.45, 2.75) is 37.5 Å². The number of alkyl halides is 1. The van der Waals surface area contributed by atoms with Crippen molar-refractivity contribution in [1.29, 1.82) is 0 Å². The van der Waals surface area contributed by atoms with Crippen molar-refractivity contribution in [2.24, 2.45) is 5.92 Å². The lowest BCUT2D eigenvalue weighted by Gasteiger charge is -2.27. The van der Waals surface area contributed by atoms with Crippen LogP contribution in [0.3, 0.4) is 0 Å². The van der Waals surface area contributed by atoms with Gasteiger partial charge in [-0.15, -0.1) is 11.6 Å². The average molecular weight is 306 g/mol. The van der Waals surface area contributed by atoms with Crippen LogP contribution in [-0.2, 0) is 6.42 Å². The summed E-state index contributed by atoms with van der Waals surface area (Å²) in [6, 6.07) is 5.09. The molecule has 2 rings (SSSR count). The average Bonchev–Trinajstić information content (AvgIpc) is 2.20. The first-order valence-corrected chi connectivity index (χ1v) is 6.97. The fourth-order valence-corrected chi connectivity index (χ4v) is 3.31. The smallest absolute Gasteiger partial charge is 0.124 e. The summed E-state index contributed by atoms with van der Waals surface area (Å²) in [5.41, 5.74) is 1.05. The van der Waals surface area contributed by atoms with Gasteiger partial charge in [0.25, 0.3) is 0 Å². The Labute approximate surface area is 109 Å². The van der Waals surface area contributed by atoms with E-state index in [0.717, 1.165) is 22.9 Å². The maximum absolute atomic E-state index is 13.2. The zero-order valence-electron chi connectivity index (χ0n) is 9.06. The van der Waals surface area contributed by atoms with Gasteiger partial charge in [-0.25, -0.2) is 4.39 Å². The van der Waals surface area contributed by atoms with Gasteiger partial charge in [0.15, 0.2) is 0 Å². The van der Waals surface area contributed by atoms with Crippen LogP contribution in [0.2, 0.25) is 0 Å². The molecule has 1 fully saturated rings. The normalized spacial score (nSPS) is 25.7. The molecule has 0 aromatic heterocycles. The molecular formula is C13H15BrClF. The van der Waals surface area contributed by atoms with Crippen LogP contribution >= 0.6 is 27.5 Å². The molecule has 2 atom stereocenters. The third kappa shape index (κ3) is 3.21. The van der Waals surface area contributed by atoms with E-state index in [2.05, 4.69) is 15.9 Å². The van der Waals surface area contributed by atoms with E-state index in [9.17, 15) is 4.39 Å². The Morgan fingerprint density at radius 2 is 2.00 bits per heavy atom. The van der Waals surface area contributed by atoms with E-state index >= 15 is 0 Å². The van der Waals surface area contributed by atoms with Crippen LogP contribution in [0.25, 0.3) is 0 Å². The highest BCUT2D eigenvalue weighted by Crippen LogP contribution is 2.31. The topological polar surface area (TPSA) is 0 Å². The Bertz CT molecular complexity index is 347. The van der Waals surface area contributed by atoms with Gasteiger partial charge in [0, 0.05) is 9.85 Å². The Morgan fingerprint density at radius 1 is 1.25 bits per heavy atom. The Balaban J connectivity index is 2.07. The molecular weight excluding hydrogens is 290 g/mol. The van der Waals surface area contributed by atoms with Gasteiger partial charge in [0.2, 0.25) is 0 Å². The minimum Gasteiger partial charge on any atom is -0.207 e. The molecule has 0 amide bonds. The van der Waals surface area contributed by atoms with Gasteiger partial charge in [0.1, 0.15) is 5.82 Å². The summed E-state index contributed by atoms with van der Waals surface area (Å²) in [4.78, 5) is 0. The predicted molar refractivity (Wildman–Crippen MR) is 69.4 cm³/mol. The standard InChI is InChI=1S/C13H15BrClF/c14-11-6-9(7-12(16)8-11)5-10-3-1-2-4-13(10)15/h6-8,10,13H,1-5H2. The maximum atomic E-state index is 13.2. The third-order valence-corrected chi connectivity index (χ3v) is 4.27. The molecule has 0 aliphatic heterocycles. The summed E-state index contributed by atoms with van der Waals surface area (Å²) < 4.78 is 14.0. The molecule has 1 saturated carbocycles. The molecule has 16 heavy (non-hydrogen) atoms. The highest BCUT2D eigenvalue weighted by atomic mass is 79.9. The van der Waals surface area contributed by atoms with Gasteiger partial charge in [-0.3, -0.25) is 0 Å². The number of benzene rings is 1. The number of hydrogen-bond acceptors (Lipinski definition) is 0. The third-order valence-electron chi connectivity index (χ3n) is 3.24. The second-order valence-electron chi connectivity index (χ2n) is 4.54. The van der Waals surface area contributed by atoms with Crippen LogP contribution in [0.5, 0.6) is 0 Å². The van der Waals surface area contributed by atoms with Gasteiger partial charge < -0.3 is 0 Å². The molecule has 0 spiro atoms. The van der Waals surface area contributed by atoms with Crippen molar-refractivity contribution in [3.63, 3.8) is 0 Å². The minimum atomic E-state index is -0.175. The van der Waals surface area contributed by atoms with Crippen molar-refractivity contribution in [2.75, 3.05) is 0 Å². The van der Waals surface area contributed by atoms with Crippen LogP contribution < -0.4 is 0 Å². The zero-order chi connectivity index (χ0) is 11.5. The van der Waals surface area contributed by atoms with E-state index in [-0.39, 0.29) is 11.2 Å². The van der Waals surface area contributed by atoms with Gasteiger partial charge in [-0.2, -0.15) is 0 Å². The zero-order valence-corrected chi connectivity index (χ0v) is 11.4. The Morgan fingerprint density at radius 3 is 2.69 bits per heavy atom. The summed E-state index contributed by atoms with van der Waals surface area (Å²) in [7, 11) is 0. The molecule has 88 valence electrons. The number of rotatable bonds is 2. The van der Waals surface area contributed by atoms with Gasteiger partial charge in [-0.1, -0.05) is 28.8 Å². The summed E-state index contributed by atoms with van der Waals surface area (Å²) in [5.74, 6) is 0.329. The maximum Gasteiger partial charge on any atom is 0.124 e. The largest absolute Gasteiger partial charge is 0.207 e. The fourth-order valence-electron chi connectivity index (χ4n) is 2.42. The lowest BCUT2D eigenvalue weighted by molar-refractivity contribution is 0.363. The molecule has 1 aromatic rings. The van der Waals surface area contributed by atoms with Crippen LogP contribution in [0.1, 0.15) is 31.2 Å². The number of halogens is 3. The van der Waals surface area contributed by atoms with Crippen molar-refractivity contribution in [3.8, 4) is 0 Å². The first-order valence-electron chi connectivity index (χ1n) is 5.74. The predicted octanol–water partition coefficient (Wildman–Crippen LogP) is 4.93. The molecule has 0 radical (unpaired) electrons. The Hall–Kier alpha value is -0.0800. The van der Waals surface area contributed by atoms with Crippen LogP contribution in [0.15, 0.2) is 22.7 Å². The van der Waals surface area contributed by atoms with Gasteiger partial charge in [-0.05, 0) is 48.9 Å². The quantitative estimate of drug-likeness (QED) is 0.680. The van der Waals surface area contributed by atoms with E-state index in [1.807, 2.05) is 6.07 Å². The first kappa shape index (κ1) is 12.4. The van der Waals surface area contributed by atoms with Crippen LogP contribution in [-0.4, -0.2) is 5.38 Å². The molecule has 1 aliphatic rings. The van der Waals surface area contributed by atoms with E-state index < -0.39 is 0 Å². The molecule has 1 aromatic carbocycles. The van der Waals surface area contributed by atoms with Crippen molar-refractivity contribution < 1.29 is 4.39 Å². The van der Waals surface area contributed by atoms with E-state index in [1.165, 1.54) is 25.3 Å². The summed E-state index contributed by atoms with van der Waals surface area (Å²) >= 11 is 9.63. The lowest BCUT2D eigenvalue weighted by atomic mass is 9.84. The van der Waals surface area contributed by atoms with E-state index in [1.54, 1.807) is 6.07 Å². The van der Waals surface area contributed by atoms with E-state index in [0.29, 0.717) is 5.92 Å². The molecule has 0 N–H and O–H groups in total. The molecule has 0 saturated heterocycles. The van der Waals surface area contributed by atoms with Crippen molar-refractivity contribution in [3.05, 3.63) is 34.1 Å². The molecule has 1 aliphatic carbocycles. The first-order chi connectivity index (χ1) is 7.65. The second kappa shape index (κ2) is 5.50. The van der Waals surface area contributed by atoms with Gasteiger partial charge >= 0.3 is 0 Å². The SMILES string of the molecule is Fc1cc(Br)cc(CC2CCCCC2Cl)c1. The molecule has 2 unspecified atom stereocenters. The summed E-state index contributed by atoms with van der Waals surface area (Å²) in [5, 5.41) is 0.260. The summed E-state index contributed by atoms with van der Waals surface area (Å²) in [6.07, 6.45) is 5.65. The second-order valence-corrected chi connectivity index (χ2v) is 6.02. The molecule has 0 heterocycles. The highest BCUT2D eigenvalue weighted by Gasteiger charge is 2.23. The monoisotopic (exact) mass is 304 g/mol. The van der Waals surface area contributed by atoms with Crippen molar-refractivity contribution in [1.82, 2.24) is 0 Å². The molecule has 0 bridgehead atoms. The van der Waals surface area contributed by atoms with Crippen LogP contribution in [0.4, 0.5) is 4.39 Å². The summed E-state index contributed by atoms with van der Waals surface area (Å²) in [6.45, 7) is 0. The van der Waals surface area contributed by atoms with Gasteiger partial charge in [0.05, 0.1) is 0 Å². The lowest BCUT2D eigenvalue weighted by Crippen LogP contribution is -2.21. The molecule has 0 nitrogen and oxygen atoms in total. The van der Waals surface area contributed by atoms with Crippen LogP contribution in [0, 0.1) is 11.7 Å². The fraction of sp³-hybridized carbons (Fsp3) is 0.538.